The largest absolute Gasteiger partial charge is 0.481 e. The molecule has 3 rings (SSSR count). The van der Waals surface area contributed by atoms with Crippen LogP contribution in [0, 0.1) is 16.0 Å². The number of benzene rings is 1. The van der Waals surface area contributed by atoms with E-state index in [0.29, 0.717) is 22.7 Å². The van der Waals surface area contributed by atoms with Crippen molar-refractivity contribution in [3.63, 3.8) is 0 Å². The van der Waals surface area contributed by atoms with Crippen LogP contribution in [0.25, 0.3) is 0 Å². The van der Waals surface area contributed by atoms with Gasteiger partial charge >= 0.3 is 11.9 Å². The van der Waals surface area contributed by atoms with Gasteiger partial charge in [0.25, 0.3) is 5.69 Å². The lowest BCUT2D eigenvalue weighted by molar-refractivity contribution is -0.384. The number of non-ortho nitro benzene ring substituents is 1. The Balaban J connectivity index is 2.02. The third-order valence-corrected chi connectivity index (χ3v) is 6.05. The topological polar surface area (TPSA) is 130 Å². The van der Waals surface area contributed by atoms with E-state index in [9.17, 15) is 19.7 Å². The van der Waals surface area contributed by atoms with Crippen molar-refractivity contribution in [1.29, 1.82) is 0 Å². The van der Waals surface area contributed by atoms with Crippen LogP contribution in [-0.4, -0.2) is 53.0 Å². The molecule has 184 valence electrons. The number of hydrogen-bond donors (Lipinski definition) is 0. The normalized spacial score (nSPS) is 17.4. The number of esters is 2. The first-order valence-corrected chi connectivity index (χ1v) is 11.9. The Morgan fingerprint density at radius 1 is 1.23 bits per heavy atom. The number of aromatic nitrogens is 1. The number of ether oxygens (including phenoxy) is 3. The molecular formula is C24H25N3O7S. The average Bonchev–Trinajstić information content (AvgIpc) is 2.86. The van der Waals surface area contributed by atoms with Crippen LogP contribution in [0.3, 0.4) is 0 Å². The number of thioether (sulfide) groups is 1. The molecule has 0 spiro atoms. The highest BCUT2D eigenvalue weighted by Crippen LogP contribution is 2.41. The zero-order valence-corrected chi connectivity index (χ0v) is 20.3. The van der Waals surface area contributed by atoms with E-state index in [4.69, 9.17) is 14.2 Å². The fourth-order valence-corrected chi connectivity index (χ4v) is 4.51. The Morgan fingerprint density at radius 2 is 2.03 bits per heavy atom. The first-order valence-electron chi connectivity index (χ1n) is 10.8. The van der Waals surface area contributed by atoms with Gasteiger partial charge in [0.15, 0.2) is 0 Å². The summed E-state index contributed by atoms with van der Waals surface area (Å²) in [4.78, 5) is 45.4. The summed E-state index contributed by atoms with van der Waals surface area (Å²) in [5.41, 5.74) is 1.28. The maximum absolute atomic E-state index is 13.1. The number of aliphatic imine (C=N–C) groups is 1. The molecule has 0 N–H and O–H groups in total. The van der Waals surface area contributed by atoms with Gasteiger partial charge in [0.05, 0.1) is 36.1 Å². The number of nitro benzene ring substituents is 1. The minimum atomic E-state index is -0.943. The summed E-state index contributed by atoms with van der Waals surface area (Å²) >= 11 is 1.37. The number of carbonyl (C=O) groups excluding carboxylic acids is 2. The highest BCUT2D eigenvalue weighted by molar-refractivity contribution is 7.99. The predicted octanol–water partition coefficient (Wildman–Crippen LogP) is 3.92. The fourth-order valence-electron chi connectivity index (χ4n) is 3.80. The maximum atomic E-state index is 13.1. The minimum absolute atomic E-state index is 0.111. The van der Waals surface area contributed by atoms with E-state index in [1.54, 1.807) is 44.4 Å². The molecule has 0 saturated heterocycles. The zero-order valence-electron chi connectivity index (χ0n) is 19.5. The van der Waals surface area contributed by atoms with E-state index in [1.165, 1.54) is 37.1 Å². The van der Waals surface area contributed by atoms with Gasteiger partial charge in [-0.1, -0.05) is 12.1 Å². The van der Waals surface area contributed by atoms with Gasteiger partial charge in [0.2, 0.25) is 0 Å². The van der Waals surface area contributed by atoms with Crippen molar-refractivity contribution < 1.29 is 28.7 Å². The number of nitrogens with zero attached hydrogens (tertiary/aromatic N) is 3. The first-order chi connectivity index (χ1) is 16.9. The molecule has 2 heterocycles. The summed E-state index contributed by atoms with van der Waals surface area (Å²) in [6, 6.07) is 9.39. The molecule has 1 aliphatic rings. The summed E-state index contributed by atoms with van der Waals surface area (Å²) in [5, 5.41) is 11.4. The summed E-state index contributed by atoms with van der Waals surface area (Å²) in [5.74, 6) is -1.90. The van der Waals surface area contributed by atoms with Gasteiger partial charge in [-0.15, -0.1) is 11.8 Å². The van der Waals surface area contributed by atoms with Gasteiger partial charge in [0, 0.05) is 35.7 Å². The van der Waals surface area contributed by atoms with Gasteiger partial charge in [-0.3, -0.25) is 24.9 Å². The summed E-state index contributed by atoms with van der Waals surface area (Å²) in [6.07, 6.45) is 3.23. The standard InChI is InChI=1S/C24H25N3O7S/c1-4-33-24(29)22-19(13-35-14-34-18-9-6-10-25-12-18)26-15(2)20(23(28)32-3)21(22)16-7-5-8-17(11-16)27(30)31/h5-12,20-21H,4,13-14H2,1-3H3. The molecular weight excluding hydrogens is 474 g/mol. The number of rotatable bonds is 10. The van der Waals surface area contributed by atoms with Crippen LogP contribution in [0.15, 0.2) is 65.1 Å². The van der Waals surface area contributed by atoms with Crippen LogP contribution in [-0.2, 0) is 19.1 Å². The van der Waals surface area contributed by atoms with E-state index in [-0.39, 0.29) is 29.6 Å². The molecule has 0 fully saturated rings. The molecule has 0 saturated carbocycles. The SMILES string of the molecule is CCOC(=O)C1=C(CSCOc2cccnc2)N=C(C)C(C(=O)OC)C1c1cccc([N+](=O)[O-])c1. The van der Waals surface area contributed by atoms with Gasteiger partial charge in [0.1, 0.15) is 17.6 Å². The van der Waals surface area contributed by atoms with Crippen molar-refractivity contribution in [2.24, 2.45) is 10.9 Å². The summed E-state index contributed by atoms with van der Waals surface area (Å²) < 4.78 is 16.0. The second kappa shape index (κ2) is 12.1. The second-order valence-electron chi connectivity index (χ2n) is 7.46. The van der Waals surface area contributed by atoms with E-state index in [0.717, 1.165) is 0 Å². The molecule has 35 heavy (non-hydrogen) atoms. The van der Waals surface area contributed by atoms with Crippen LogP contribution in [0.5, 0.6) is 5.75 Å². The first kappa shape index (κ1) is 25.9. The van der Waals surface area contributed by atoms with Crippen LogP contribution < -0.4 is 4.74 Å². The lowest BCUT2D eigenvalue weighted by atomic mass is 9.75. The van der Waals surface area contributed by atoms with Crippen LogP contribution in [0.1, 0.15) is 25.3 Å². The number of nitro groups is 1. The van der Waals surface area contributed by atoms with Crippen molar-refractivity contribution in [3.05, 3.63) is 75.7 Å². The van der Waals surface area contributed by atoms with Crippen molar-refractivity contribution >= 4 is 35.1 Å². The van der Waals surface area contributed by atoms with E-state index in [2.05, 4.69) is 9.98 Å². The molecule has 2 atom stereocenters. The quantitative estimate of drug-likeness (QED) is 0.157. The molecule has 10 nitrogen and oxygen atoms in total. The molecule has 0 amide bonds. The molecule has 2 aromatic rings. The Bertz CT molecular complexity index is 1150. The Labute approximate surface area is 206 Å². The molecule has 0 radical (unpaired) electrons. The smallest absolute Gasteiger partial charge is 0.336 e. The van der Waals surface area contributed by atoms with E-state index < -0.39 is 28.7 Å². The Kier molecular flexibility index (Phi) is 8.96. The van der Waals surface area contributed by atoms with E-state index >= 15 is 0 Å². The highest BCUT2D eigenvalue weighted by Gasteiger charge is 2.43. The number of hydrogen-bond acceptors (Lipinski definition) is 10. The van der Waals surface area contributed by atoms with Crippen molar-refractivity contribution in [3.8, 4) is 5.75 Å². The van der Waals surface area contributed by atoms with Crippen LogP contribution in [0.4, 0.5) is 5.69 Å². The number of carbonyl (C=O) groups is 2. The minimum Gasteiger partial charge on any atom is -0.481 e. The molecule has 1 aromatic carbocycles. The van der Waals surface area contributed by atoms with Crippen molar-refractivity contribution in [1.82, 2.24) is 4.98 Å². The number of pyridine rings is 1. The monoisotopic (exact) mass is 499 g/mol. The lowest BCUT2D eigenvalue weighted by Crippen LogP contribution is -2.36. The van der Waals surface area contributed by atoms with Gasteiger partial charge < -0.3 is 14.2 Å². The van der Waals surface area contributed by atoms with E-state index in [1.807, 2.05) is 0 Å². The molecule has 0 aliphatic carbocycles. The van der Waals surface area contributed by atoms with Crippen molar-refractivity contribution in [2.45, 2.75) is 19.8 Å². The Hall–Kier alpha value is -3.73. The zero-order chi connectivity index (χ0) is 25.4. The van der Waals surface area contributed by atoms with Gasteiger partial charge in [-0.05, 0) is 31.5 Å². The second-order valence-corrected chi connectivity index (χ2v) is 8.40. The maximum Gasteiger partial charge on any atom is 0.336 e. The highest BCUT2D eigenvalue weighted by atomic mass is 32.2. The molecule has 2 unspecified atom stereocenters. The third-order valence-electron chi connectivity index (χ3n) is 5.29. The predicted molar refractivity (Wildman–Crippen MR) is 130 cm³/mol. The lowest BCUT2D eigenvalue weighted by Gasteiger charge is -2.31. The third kappa shape index (κ3) is 6.24. The fraction of sp³-hybridized carbons (Fsp3) is 0.333. The Morgan fingerprint density at radius 3 is 2.69 bits per heavy atom. The van der Waals surface area contributed by atoms with Gasteiger partial charge in [-0.2, -0.15) is 0 Å². The molecule has 11 heteroatoms. The van der Waals surface area contributed by atoms with Crippen LogP contribution >= 0.6 is 11.8 Å². The van der Waals surface area contributed by atoms with Gasteiger partial charge in [-0.25, -0.2) is 4.79 Å². The molecule has 1 aliphatic heterocycles. The summed E-state index contributed by atoms with van der Waals surface area (Å²) in [6.45, 7) is 3.46. The summed E-state index contributed by atoms with van der Waals surface area (Å²) in [7, 11) is 1.25. The number of methoxy groups -OCH3 is 1. The molecule has 1 aromatic heterocycles. The van der Waals surface area contributed by atoms with Crippen LogP contribution in [0.2, 0.25) is 0 Å². The average molecular weight is 500 g/mol. The molecule has 0 bridgehead atoms. The van der Waals surface area contributed by atoms with Crippen molar-refractivity contribution in [2.75, 3.05) is 25.4 Å².